The van der Waals surface area contributed by atoms with Crippen molar-refractivity contribution in [2.45, 2.75) is 18.9 Å². The lowest BCUT2D eigenvalue weighted by Crippen LogP contribution is -2.45. The standard InChI is InChI=1S/C17H21N5/c1-21(2)17-4-3-9-22(13-17)16-7-5-15(6-8-16)20-12-14(10-18)11-19/h5-8,12,17,20H,3-4,9,13H2,1-2H3. The molecule has 5 heteroatoms. The second kappa shape index (κ2) is 7.49. The Labute approximate surface area is 132 Å². The molecule has 5 nitrogen and oxygen atoms in total. The van der Waals surface area contributed by atoms with Gasteiger partial charge in [0, 0.05) is 36.7 Å². The molecule has 1 aromatic rings. The molecule has 1 heterocycles. The van der Waals surface area contributed by atoms with Gasteiger partial charge < -0.3 is 15.1 Å². The maximum atomic E-state index is 8.70. The summed E-state index contributed by atoms with van der Waals surface area (Å²) < 4.78 is 0. The molecule has 114 valence electrons. The molecule has 0 aromatic heterocycles. The van der Waals surface area contributed by atoms with Crippen molar-refractivity contribution in [1.29, 1.82) is 10.5 Å². The molecule has 0 bridgehead atoms. The third kappa shape index (κ3) is 4.00. The maximum Gasteiger partial charge on any atom is 0.145 e. The first-order valence-corrected chi connectivity index (χ1v) is 7.42. The minimum absolute atomic E-state index is 0.0638. The molecule has 0 aliphatic carbocycles. The van der Waals surface area contributed by atoms with Gasteiger partial charge in [-0.05, 0) is 51.2 Å². The molecule has 1 aliphatic rings. The molecule has 1 atom stereocenters. The van der Waals surface area contributed by atoms with Gasteiger partial charge in [0.25, 0.3) is 0 Å². The summed E-state index contributed by atoms with van der Waals surface area (Å²) in [7, 11) is 4.27. The minimum Gasteiger partial charge on any atom is -0.370 e. The van der Waals surface area contributed by atoms with E-state index in [1.807, 2.05) is 24.3 Å². The first-order chi connectivity index (χ1) is 10.6. The van der Waals surface area contributed by atoms with Crippen LogP contribution >= 0.6 is 0 Å². The van der Waals surface area contributed by atoms with Gasteiger partial charge in [-0.1, -0.05) is 0 Å². The van der Waals surface area contributed by atoms with Crippen LogP contribution in [0, 0.1) is 22.7 Å². The lowest BCUT2D eigenvalue weighted by atomic mass is 10.0. The molecular formula is C17H21N5. The number of allylic oxidation sites excluding steroid dienone is 1. The van der Waals surface area contributed by atoms with Crippen LogP contribution < -0.4 is 10.2 Å². The molecule has 2 rings (SSSR count). The van der Waals surface area contributed by atoms with Crippen molar-refractivity contribution < 1.29 is 0 Å². The third-order valence-electron chi connectivity index (χ3n) is 3.98. The van der Waals surface area contributed by atoms with E-state index in [0.717, 1.165) is 18.8 Å². The highest BCUT2D eigenvalue weighted by molar-refractivity contribution is 5.57. The van der Waals surface area contributed by atoms with Gasteiger partial charge in [0.2, 0.25) is 0 Å². The number of benzene rings is 1. The van der Waals surface area contributed by atoms with Crippen molar-refractivity contribution in [3.05, 3.63) is 36.0 Å². The Morgan fingerprint density at radius 3 is 2.55 bits per heavy atom. The van der Waals surface area contributed by atoms with Crippen LogP contribution in [-0.2, 0) is 0 Å². The lowest BCUT2D eigenvalue weighted by molar-refractivity contribution is 0.258. The average Bonchev–Trinajstić information content (AvgIpc) is 2.56. The first-order valence-electron chi connectivity index (χ1n) is 7.42. The van der Waals surface area contributed by atoms with Crippen molar-refractivity contribution in [1.82, 2.24) is 4.90 Å². The fourth-order valence-electron chi connectivity index (χ4n) is 2.62. The zero-order valence-corrected chi connectivity index (χ0v) is 13.1. The molecule has 1 unspecified atom stereocenters. The summed E-state index contributed by atoms with van der Waals surface area (Å²) in [4.78, 5) is 4.70. The molecule has 1 aromatic carbocycles. The molecule has 1 fully saturated rings. The van der Waals surface area contributed by atoms with Gasteiger partial charge in [-0.15, -0.1) is 0 Å². The first kappa shape index (κ1) is 15.9. The monoisotopic (exact) mass is 295 g/mol. The second-order valence-corrected chi connectivity index (χ2v) is 5.68. The number of likely N-dealkylation sites (N-methyl/N-ethyl adjacent to an activating group) is 1. The van der Waals surface area contributed by atoms with E-state index in [1.54, 1.807) is 0 Å². The summed E-state index contributed by atoms with van der Waals surface area (Å²) in [5.74, 6) is 0. The molecule has 0 amide bonds. The Bertz CT molecular complexity index is 587. The summed E-state index contributed by atoms with van der Waals surface area (Å²) >= 11 is 0. The van der Waals surface area contributed by atoms with E-state index in [2.05, 4.69) is 41.3 Å². The fourth-order valence-corrected chi connectivity index (χ4v) is 2.62. The Kier molecular flexibility index (Phi) is 5.41. The highest BCUT2D eigenvalue weighted by Crippen LogP contribution is 2.23. The molecule has 0 spiro atoms. The Morgan fingerprint density at radius 2 is 1.95 bits per heavy atom. The number of anilines is 2. The largest absolute Gasteiger partial charge is 0.370 e. The van der Waals surface area contributed by atoms with Crippen LogP contribution in [0.3, 0.4) is 0 Å². The zero-order valence-electron chi connectivity index (χ0n) is 13.1. The summed E-state index contributed by atoms with van der Waals surface area (Å²) in [5, 5.41) is 20.4. The molecule has 0 saturated carbocycles. The molecular weight excluding hydrogens is 274 g/mol. The van der Waals surface area contributed by atoms with Crippen molar-refractivity contribution >= 4 is 11.4 Å². The summed E-state index contributed by atoms with van der Waals surface area (Å²) in [6.45, 7) is 2.14. The van der Waals surface area contributed by atoms with E-state index in [-0.39, 0.29) is 5.57 Å². The van der Waals surface area contributed by atoms with Crippen molar-refractivity contribution in [3.8, 4) is 12.1 Å². The van der Waals surface area contributed by atoms with E-state index in [1.165, 1.54) is 24.7 Å². The topological polar surface area (TPSA) is 66.1 Å². The predicted molar refractivity (Wildman–Crippen MR) is 88.3 cm³/mol. The van der Waals surface area contributed by atoms with Crippen LogP contribution in [0.5, 0.6) is 0 Å². The van der Waals surface area contributed by atoms with Gasteiger partial charge in [-0.3, -0.25) is 0 Å². The SMILES string of the molecule is CN(C)C1CCCN(c2ccc(NC=C(C#N)C#N)cc2)C1. The molecule has 0 radical (unpaired) electrons. The number of rotatable bonds is 4. The summed E-state index contributed by atoms with van der Waals surface area (Å²) in [5.41, 5.74) is 2.14. The van der Waals surface area contributed by atoms with E-state index in [4.69, 9.17) is 10.5 Å². The number of hydrogen-bond donors (Lipinski definition) is 1. The minimum atomic E-state index is 0.0638. The second-order valence-electron chi connectivity index (χ2n) is 5.68. The predicted octanol–water partition coefficient (Wildman–Crippen LogP) is 2.56. The van der Waals surface area contributed by atoms with Crippen LogP contribution in [0.4, 0.5) is 11.4 Å². The van der Waals surface area contributed by atoms with Crippen LogP contribution in [0.15, 0.2) is 36.0 Å². The summed E-state index contributed by atoms with van der Waals surface area (Å²) in [6.07, 6.45) is 3.89. The number of nitrogens with one attached hydrogen (secondary N) is 1. The maximum absolute atomic E-state index is 8.70. The third-order valence-corrected chi connectivity index (χ3v) is 3.98. The van der Waals surface area contributed by atoms with Crippen LogP contribution in [0.1, 0.15) is 12.8 Å². The quantitative estimate of drug-likeness (QED) is 0.865. The van der Waals surface area contributed by atoms with Crippen LogP contribution in [0.25, 0.3) is 0 Å². The van der Waals surface area contributed by atoms with Gasteiger partial charge in [-0.2, -0.15) is 10.5 Å². The number of nitriles is 2. The highest BCUT2D eigenvalue weighted by Gasteiger charge is 2.21. The van der Waals surface area contributed by atoms with E-state index in [0.29, 0.717) is 6.04 Å². The molecule has 1 aliphatic heterocycles. The molecule has 1 saturated heterocycles. The van der Waals surface area contributed by atoms with Gasteiger partial charge in [0.1, 0.15) is 17.7 Å². The Balaban J connectivity index is 2.02. The number of nitrogens with zero attached hydrogens (tertiary/aromatic N) is 4. The zero-order chi connectivity index (χ0) is 15.9. The van der Waals surface area contributed by atoms with Gasteiger partial charge in [0.15, 0.2) is 0 Å². The van der Waals surface area contributed by atoms with Crippen LogP contribution in [-0.4, -0.2) is 38.1 Å². The molecule has 1 N–H and O–H groups in total. The van der Waals surface area contributed by atoms with Crippen molar-refractivity contribution in [3.63, 3.8) is 0 Å². The van der Waals surface area contributed by atoms with Gasteiger partial charge >= 0.3 is 0 Å². The number of piperidine rings is 1. The van der Waals surface area contributed by atoms with E-state index < -0.39 is 0 Å². The lowest BCUT2D eigenvalue weighted by Gasteiger charge is -2.37. The number of hydrogen-bond acceptors (Lipinski definition) is 5. The smallest absolute Gasteiger partial charge is 0.145 e. The van der Waals surface area contributed by atoms with Gasteiger partial charge in [0.05, 0.1) is 0 Å². The van der Waals surface area contributed by atoms with E-state index >= 15 is 0 Å². The average molecular weight is 295 g/mol. The van der Waals surface area contributed by atoms with Crippen LogP contribution in [0.2, 0.25) is 0 Å². The van der Waals surface area contributed by atoms with Gasteiger partial charge in [-0.25, -0.2) is 0 Å². The van der Waals surface area contributed by atoms with E-state index in [9.17, 15) is 0 Å². The highest BCUT2D eigenvalue weighted by atomic mass is 15.2. The Morgan fingerprint density at radius 1 is 1.27 bits per heavy atom. The Hall–Kier alpha value is -2.50. The molecule has 22 heavy (non-hydrogen) atoms. The fraction of sp³-hybridized carbons (Fsp3) is 0.412. The van der Waals surface area contributed by atoms with Crippen molar-refractivity contribution in [2.75, 3.05) is 37.4 Å². The van der Waals surface area contributed by atoms with Crippen molar-refractivity contribution in [2.24, 2.45) is 0 Å². The normalized spacial score (nSPS) is 17.5. The summed E-state index contributed by atoms with van der Waals surface area (Å²) in [6, 6.07) is 12.3.